The summed E-state index contributed by atoms with van der Waals surface area (Å²) in [5, 5.41) is 0. The van der Waals surface area contributed by atoms with E-state index in [0.29, 0.717) is 13.2 Å². The summed E-state index contributed by atoms with van der Waals surface area (Å²) in [5.74, 6) is -0.679. The first-order chi connectivity index (χ1) is 8.72. The van der Waals surface area contributed by atoms with Gasteiger partial charge in [0.2, 0.25) is 0 Å². The van der Waals surface area contributed by atoms with Crippen LogP contribution in [0.4, 0.5) is 0 Å². The molecule has 0 amide bonds. The van der Waals surface area contributed by atoms with Crippen molar-refractivity contribution in [1.29, 1.82) is 0 Å². The second kappa shape index (κ2) is 4.89. The summed E-state index contributed by atoms with van der Waals surface area (Å²) < 4.78 is 11.7. The van der Waals surface area contributed by atoms with Gasteiger partial charge in [-0.2, -0.15) is 0 Å². The maximum atomic E-state index is 5.87. The number of aryl methyl sites for hydroxylation is 1. The van der Waals surface area contributed by atoms with E-state index in [1.54, 1.807) is 0 Å². The molecule has 106 valence electrons. The van der Waals surface area contributed by atoms with Crippen LogP contribution in [0.1, 0.15) is 44.4 Å². The Bertz CT molecular complexity index is 454. The molecule has 0 atom stereocenters. The van der Waals surface area contributed by atoms with Crippen molar-refractivity contribution in [3.8, 4) is 0 Å². The number of benzene rings is 1. The normalized spacial score (nSPS) is 28.4. The number of ether oxygens (including phenoxy) is 2. The minimum absolute atomic E-state index is 0.0285. The van der Waals surface area contributed by atoms with Crippen LogP contribution in [-0.4, -0.2) is 19.3 Å². The lowest BCUT2D eigenvalue weighted by Gasteiger charge is -2.38. The zero-order valence-electron chi connectivity index (χ0n) is 12.6. The van der Waals surface area contributed by atoms with Crippen molar-refractivity contribution in [2.75, 3.05) is 13.2 Å². The van der Waals surface area contributed by atoms with Crippen LogP contribution in [0.25, 0.3) is 0 Å². The van der Waals surface area contributed by atoms with Crippen LogP contribution in [-0.2, 0) is 20.7 Å². The van der Waals surface area contributed by atoms with E-state index >= 15 is 0 Å². The third-order valence-electron chi connectivity index (χ3n) is 3.74. The number of hydrogen-bond acceptors (Lipinski definition) is 3. The first kappa shape index (κ1) is 14.5. The summed E-state index contributed by atoms with van der Waals surface area (Å²) in [4.78, 5) is 0. The maximum Gasteiger partial charge on any atom is 0.192 e. The first-order valence-electron chi connectivity index (χ1n) is 6.87. The van der Waals surface area contributed by atoms with E-state index in [4.69, 9.17) is 15.2 Å². The van der Waals surface area contributed by atoms with Gasteiger partial charge in [0.15, 0.2) is 5.79 Å². The highest BCUT2D eigenvalue weighted by Gasteiger charge is 2.35. The molecule has 2 rings (SSSR count). The molecule has 0 saturated carbocycles. The van der Waals surface area contributed by atoms with Gasteiger partial charge in [0.1, 0.15) is 0 Å². The van der Waals surface area contributed by atoms with E-state index < -0.39 is 5.79 Å². The van der Waals surface area contributed by atoms with Gasteiger partial charge in [-0.1, -0.05) is 32.9 Å². The molecule has 0 spiro atoms. The molecule has 3 nitrogen and oxygen atoms in total. The molecule has 0 unspecified atom stereocenters. The quantitative estimate of drug-likeness (QED) is 0.847. The minimum atomic E-state index is -0.679. The molecule has 1 aromatic carbocycles. The Labute approximate surface area is 116 Å². The Morgan fingerprint density at radius 3 is 2.32 bits per heavy atom. The lowest BCUT2D eigenvalue weighted by molar-refractivity contribution is -0.270. The lowest BCUT2D eigenvalue weighted by Crippen LogP contribution is -2.46. The predicted octanol–water partition coefficient (Wildman–Crippen LogP) is 2.84. The van der Waals surface area contributed by atoms with Crippen molar-refractivity contribution in [2.24, 2.45) is 5.73 Å². The topological polar surface area (TPSA) is 44.5 Å². The highest BCUT2D eigenvalue weighted by atomic mass is 16.7. The van der Waals surface area contributed by atoms with Gasteiger partial charge in [0.25, 0.3) is 0 Å². The highest BCUT2D eigenvalue weighted by molar-refractivity contribution is 5.37. The molecule has 1 aliphatic heterocycles. The van der Waals surface area contributed by atoms with Crippen molar-refractivity contribution < 1.29 is 9.47 Å². The smallest absolute Gasteiger partial charge is 0.192 e. The second-order valence-electron chi connectivity index (χ2n) is 6.61. The number of nitrogens with two attached hydrogens (primary N) is 1. The largest absolute Gasteiger partial charge is 0.344 e. The van der Waals surface area contributed by atoms with Crippen LogP contribution in [0, 0.1) is 6.92 Å². The molecule has 3 heteroatoms. The zero-order chi connectivity index (χ0) is 14.3. The average molecular weight is 263 g/mol. The van der Waals surface area contributed by atoms with Crippen molar-refractivity contribution in [1.82, 2.24) is 0 Å². The second-order valence-corrected chi connectivity index (χ2v) is 6.61. The molecule has 1 aromatic rings. The van der Waals surface area contributed by atoms with Gasteiger partial charge < -0.3 is 15.2 Å². The van der Waals surface area contributed by atoms with E-state index in [-0.39, 0.29) is 11.5 Å². The van der Waals surface area contributed by atoms with Crippen LogP contribution in [0.5, 0.6) is 0 Å². The minimum Gasteiger partial charge on any atom is -0.344 e. The van der Waals surface area contributed by atoms with Gasteiger partial charge in [0, 0.05) is 5.56 Å². The monoisotopic (exact) mass is 263 g/mol. The molecule has 1 fully saturated rings. The summed E-state index contributed by atoms with van der Waals surface area (Å²) in [5.41, 5.74) is 9.51. The Morgan fingerprint density at radius 2 is 1.79 bits per heavy atom. The highest BCUT2D eigenvalue weighted by Crippen LogP contribution is 2.35. The Kier molecular flexibility index (Phi) is 3.74. The fourth-order valence-electron chi connectivity index (χ4n) is 2.36. The Hall–Kier alpha value is -0.900. The predicted molar refractivity (Wildman–Crippen MR) is 77.1 cm³/mol. The average Bonchev–Trinajstić information content (AvgIpc) is 2.32. The number of hydrogen-bond donors (Lipinski definition) is 1. The fraction of sp³-hybridized carbons (Fsp3) is 0.625. The van der Waals surface area contributed by atoms with Gasteiger partial charge in [-0.15, -0.1) is 0 Å². The van der Waals surface area contributed by atoms with Gasteiger partial charge in [-0.25, -0.2) is 0 Å². The van der Waals surface area contributed by atoms with E-state index in [2.05, 4.69) is 45.9 Å². The molecular formula is C16H25NO2. The van der Waals surface area contributed by atoms with Gasteiger partial charge >= 0.3 is 0 Å². The Morgan fingerprint density at radius 1 is 1.21 bits per heavy atom. The third-order valence-corrected chi connectivity index (χ3v) is 3.74. The molecular weight excluding hydrogens is 238 g/mol. The van der Waals surface area contributed by atoms with Crippen molar-refractivity contribution in [3.63, 3.8) is 0 Å². The van der Waals surface area contributed by atoms with Crippen LogP contribution in [0.2, 0.25) is 0 Å². The first-order valence-corrected chi connectivity index (χ1v) is 6.87. The molecule has 0 bridgehead atoms. The molecule has 1 heterocycles. The van der Waals surface area contributed by atoms with Crippen molar-refractivity contribution >= 4 is 0 Å². The van der Waals surface area contributed by atoms with E-state index in [0.717, 1.165) is 5.56 Å². The van der Waals surface area contributed by atoms with Crippen LogP contribution >= 0.6 is 0 Å². The number of rotatable bonds is 1. The molecule has 19 heavy (non-hydrogen) atoms. The van der Waals surface area contributed by atoms with Crippen LogP contribution < -0.4 is 5.73 Å². The van der Waals surface area contributed by atoms with E-state index in [1.807, 2.05) is 6.92 Å². The summed E-state index contributed by atoms with van der Waals surface area (Å²) in [6.07, 6.45) is 0. The molecule has 0 aromatic heterocycles. The lowest BCUT2D eigenvalue weighted by atomic mass is 9.84. The molecule has 0 radical (unpaired) electrons. The summed E-state index contributed by atoms with van der Waals surface area (Å²) in [6.45, 7) is 11.8. The Balaban J connectivity index is 2.38. The molecule has 1 saturated heterocycles. The summed E-state index contributed by atoms with van der Waals surface area (Å²) in [6, 6.07) is 6.49. The molecule has 0 aliphatic carbocycles. The van der Waals surface area contributed by atoms with E-state index in [9.17, 15) is 0 Å². The summed E-state index contributed by atoms with van der Waals surface area (Å²) in [7, 11) is 0. The van der Waals surface area contributed by atoms with Crippen LogP contribution in [0.15, 0.2) is 18.2 Å². The zero-order valence-corrected chi connectivity index (χ0v) is 12.6. The molecule has 1 aliphatic rings. The SMILES string of the molecule is Cc1ccc(C(C)(C)C)cc1C1(C)OCC(N)CO1. The van der Waals surface area contributed by atoms with Crippen LogP contribution in [0.3, 0.4) is 0 Å². The van der Waals surface area contributed by atoms with Gasteiger partial charge in [-0.05, 0) is 36.5 Å². The van der Waals surface area contributed by atoms with Crippen molar-refractivity contribution in [2.45, 2.75) is 51.9 Å². The summed E-state index contributed by atoms with van der Waals surface area (Å²) >= 11 is 0. The molecule has 2 N–H and O–H groups in total. The standard InChI is InChI=1S/C16H25NO2/c1-11-6-7-12(15(2,3)4)8-14(11)16(5)18-9-13(17)10-19-16/h6-8,13H,9-10,17H2,1-5H3. The van der Waals surface area contributed by atoms with Crippen molar-refractivity contribution in [3.05, 3.63) is 34.9 Å². The fourth-order valence-corrected chi connectivity index (χ4v) is 2.36. The maximum absolute atomic E-state index is 5.87. The third kappa shape index (κ3) is 2.99. The van der Waals surface area contributed by atoms with E-state index in [1.165, 1.54) is 11.1 Å². The van der Waals surface area contributed by atoms with Gasteiger partial charge in [0.05, 0.1) is 19.3 Å². The van der Waals surface area contributed by atoms with Gasteiger partial charge in [-0.3, -0.25) is 0 Å².